The normalized spacial score (nSPS) is 12.1. The number of benzene rings is 2. The third-order valence-electron chi connectivity index (χ3n) is 4.96. The smallest absolute Gasteiger partial charge is 0.244 e. The number of amides is 2. The molecule has 0 heterocycles. The maximum Gasteiger partial charge on any atom is 0.244 e. The number of carbonyl (C=O) groups is 2. The van der Waals surface area contributed by atoms with E-state index in [1.54, 1.807) is 30.3 Å². The molecule has 2 aromatic rings. The zero-order valence-corrected chi connectivity index (χ0v) is 18.6. The minimum Gasteiger partial charge on any atom is -0.357 e. The molecule has 30 heavy (non-hydrogen) atoms. The molecule has 0 aromatic heterocycles. The molecule has 0 saturated carbocycles. The number of nitrogens with zero attached hydrogens (tertiary/aromatic N) is 2. The number of carbonyl (C=O) groups excluding carboxylic acids is 2. The van der Waals surface area contributed by atoms with Gasteiger partial charge in [0.25, 0.3) is 0 Å². The number of anilines is 1. The standard InChI is InChI=1S/C22H29N3O4S/c1-5-20(22(27)23-3)24(15-18-12-10-9-11-17(18)2)21(26)16-25(30(4,28)29)19-13-7-6-8-14-19/h6-14,20H,5,15-16H2,1-4H3,(H,23,27)/t20-/m1/s1. The Kier molecular flexibility index (Phi) is 8.00. The Bertz CT molecular complexity index is 977. The molecule has 162 valence electrons. The first-order valence-electron chi connectivity index (χ1n) is 9.77. The molecule has 0 aliphatic carbocycles. The largest absolute Gasteiger partial charge is 0.357 e. The van der Waals surface area contributed by atoms with Crippen molar-refractivity contribution in [3.63, 3.8) is 0 Å². The fraction of sp³-hybridized carbons (Fsp3) is 0.364. The minimum absolute atomic E-state index is 0.212. The van der Waals surface area contributed by atoms with Crippen LogP contribution in [0.3, 0.4) is 0 Å². The summed E-state index contributed by atoms with van der Waals surface area (Å²) in [6.07, 6.45) is 1.47. The van der Waals surface area contributed by atoms with Gasteiger partial charge in [0, 0.05) is 13.6 Å². The van der Waals surface area contributed by atoms with Crippen LogP contribution in [0.4, 0.5) is 5.69 Å². The molecular formula is C22H29N3O4S. The topological polar surface area (TPSA) is 86.8 Å². The van der Waals surface area contributed by atoms with Crippen LogP contribution in [0.1, 0.15) is 24.5 Å². The second-order valence-corrected chi connectivity index (χ2v) is 9.00. The summed E-state index contributed by atoms with van der Waals surface area (Å²) in [6.45, 7) is 3.58. The number of para-hydroxylation sites is 1. The first-order chi connectivity index (χ1) is 14.2. The van der Waals surface area contributed by atoms with Crippen LogP contribution in [0.15, 0.2) is 54.6 Å². The van der Waals surface area contributed by atoms with Gasteiger partial charge in [-0.15, -0.1) is 0 Å². The summed E-state index contributed by atoms with van der Waals surface area (Å²) in [5, 5.41) is 2.60. The van der Waals surface area contributed by atoms with E-state index in [0.717, 1.165) is 21.7 Å². The Hall–Kier alpha value is -2.87. The predicted molar refractivity (Wildman–Crippen MR) is 119 cm³/mol. The molecule has 0 radical (unpaired) electrons. The lowest BCUT2D eigenvalue weighted by Crippen LogP contribution is -2.51. The van der Waals surface area contributed by atoms with Gasteiger partial charge in [-0.3, -0.25) is 13.9 Å². The van der Waals surface area contributed by atoms with E-state index in [1.165, 1.54) is 11.9 Å². The number of sulfonamides is 1. The summed E-state index contributed by atoms with van der Waals surface area (Å²) in [5.41, 5.74) is 2.29. The van der Waals surface area contributed by atoms with Crippen molar-refractivity contribution in [2.24, 2.45) is 0 Å². The highest BCUT2D eigenvalue weighted by Crippen LogP contribution is 2.20. The van der Waals surface area contributed by atoms with Crippen molar-refractivity contribution in [2.75, 3.05) is 24.2 Å². The number of likely N-dealkylation sites (N-methyl/N-ethyl adjacent to an activating group) is 1. The monoisotopic (exact) mass is 431 g/mol. The van der Waals surface area contributed by atoms with Crippen molar-refractivity contribution >= 4 is 27.5 Å². The van der Waals surface area contributed by atoms with Gasteiger partial charge >= 0.3 is 0 Å². The molecule has 0 fully saturated rings. The molecule has 0 saturated heterocycles. The van der Waals surface area contributed by atoms with E-state index < -0.39 is 22.0 Å². The highest BCUT2D eigenvalue weighted by Gasteiger charge is 2.31. The average molecular weight is 432 g/mol. The van der Waals surface area contributed by atoms with Crippen LogP contribution in [0.5, 0.6) is 0 Å². The number of nitrogens with one attached hydrogen (secondary N) is 1. The van der Waals surface area contributed by atoms with Crippen molar-refractivity contribution in [3.05, 3.63) is 65.7 Å². The van der Waals surface area contributed by atoms with Crippen LogP contribution in [0.25, 0.3) is 0 Å². The SMILES string of the molecule is CC[C@H](C(=O)NC)N(Cc1ccccc1C)C(=O)CN(c1ccccc1)S(C)(=O)=O. The Morgan fingerprint density at radius 1 is 1.03 bits per heavy atom. The van der Waals surface area contributed by atoms with Crippen LogP contribution in [-0.4, -0.2) is 51.0 Å². The Balaban J connectivity index is 2.42. The third-order valence-corrected chi connectivity index (χ3v) is 6.10. The number of hydrogen-bond acceptors (Lipinski definition) is 4. The quantitative estimate of drug-likeness (QED) is 0.660. The second-order valence-electron chi connectivity index (χ2n) is 7.09. The molecule has 2 aromatic carbocycles. The number of aryl methyl sites for hydroxylation is 1. The van der Waals surface area contributed by atoms with Gasteiger partial charge < -0.3 is 10.2 Å². The maximum atomic E-state index is 13.3. The lowest BCUT2D eigenvalue weighted by molar-refractivity contribution is -0.140. The fourth-order valence-electron chi connectivity index (χ4n) is 3.27. The van der Waals surface area contributed by atoms with Gasteiger partial charge in [-0.05, 0) is 36.6 Å². The highest BCUT2D eigenvalue weighted by molar-refractivity contribution is 7.92. The summed E-state index contributed by atoms with van der Waals surface area (Å²) in [4.78, 5) is 27.3. The molecular weight excluding hydrogens is 402 g/mol. The maximum absolute atomic E-state index is 13.3. The van der Waals surface area contributed by atoms with E-state index in [2.05, 4.69) is 5.32 Å². The van der Waals surface area contributed by atoms with Crippen LogP contribution in [0, 0.1) is 6.92 Å². The van der Waals surface area contributed by atoms with Gasteiger partial charge in [-0.1, -0.05) is 49.4 Å². The highest BCUT2D eigenvalue weighted by atomic mass is 32.2. The second kappa shape index (κ2) is 10.2. The van der Waals surface area contributed by atoms with E-state index in [0.29, 0.717) is 12.1 Å². The van der Waals surface area contributed by atoms with Crippen molar-refractivity contribution in [3.8, 4) is 0 Å². The summed E-state index contributed by atoms with van der Waals surface area (Å²) >= 11 is 0. The van der Waals surface area contributed by atoms with Gasteiger partial charge in [0.2, 0.25) is 21.8 Å². The summed E-state index contributed by atoms with van der Waals surface area (Å²) < 4.78 is 25.9. The van der Waals surface area contributed by atoms with E-state index in [4.69, 9.17) is 0 Å². The first kappa shape index (κ1) is 23.4. The Morgan fingerprint density at radius 2 is 1.63 bits per heavy atom. The van der Waals surface area contributed by atoms with Crippen LogP contribution in [-0.2, 0) is 26.2 Å². The van der Waals surface area contributed by atoms with E-state index >= 15 is 0 Å². The average Bonchev–Trinajstić information content (AvgIpc) is 2.72. The van der Waals surface area contributed by atoms with Gasteiger partial charge in [0.1, 0.15) is 12.6 Å². The number of rotatable bonds is 9. The summed E-state index contributed by atoms with van der Waals surface area (Å²) in [7, 11) is -2.18. The number of hydrogen-bond donors (Lipinski definition) is 1. The summed E-state index contributed by atoms with van der Waals surface area (Å²) in [6, 6.07) is 15.4. The molecule has 1 N–H and O–H groups in total. The third kappa shape index (κ3) is 5.82. The molecule has 0 bridgehead atoms. The molecule has 0 spiro atoms. The zero-order valence-electron chi connectivity index (χ0n) is 17.8. The molecule has 0 aliphatic rings. The van der Waals surface area contributed by atoms with Gasteiger partial charge in [-0.25, -0.2) is 8.42 Å². The van der Waals surface area contributed by atoms with E-state index in [1.807, 2.05) is 38.1 Å². The molecule has 1 atom stereocenters. The van der Waals surface area contributed by atoms with Crippen molar-refractivity contribution in [1.29, 1.82) is 0 Å². The van der Waals surface area contributed by atoms with Crippen molar-refractivity contribution in [2.45, 2.75) is 32.9 Å². The van der Waals surface area contributed by atoms with Gasteiger partial charge in [0.05, 0.1) is 11.9 Å². The molecule has 2 amide bonds. The Labute approximate surface area is 178 Å². The van der Waals surface area contributed by atoms with Crippen molar-refractivity contribution < 1.29 is 18.0 Å². The van der Waals surface area contributed by atoms with Crippen molar-refractivity contribution in [1.82, 2.24) is 10.2 Å². The molecule has 2 rings (SSSR count). The van der Waals surface area contributed by atoms with Crippen LogP contribution < -0.4 is 9.62 Å². The lowest BCUT2D eigenvalue weighted by atomic mass is 10.1. The van der Waals surface area contributed by atoms with Gasteiger partial charge in [0.15, 0.2) is 0 Å². The molecule has 7 nitrogen and oxygen atoms in total. The lowest BCUT2D eigenvalue weighted by Gasteiger charge is -2.33. The summed E-state index contributed by atoms with van der Waals surface area (Å²) in [5.74, 6) is -0.729. The van der Waals surface area contributed by atoms with Gasteiger partial charge in [-0.2, -0.15) is 0 Å². The predicted octanol–water partition coefficient (Wildman–Crippen LogP) is 2.31. The first-order valence-corrected chi connectivity index (χ1v) is 11.6. The Morgan fingerprint density at radius 3 is 2.17 bits per heavy atom. The molecule has 0 unspecified atom stereocenters. The zero-order chi connectivity index (χ0) is 22.3. The minimum atomic E-state index is -3.70. The molecule has 8 heteroatoms. The fourth-order valence-corrected chi connectivity index (χ4v) is 4.11. The molecule has 0 aliphatic heterocycles. The van der Waals surface area contributed by atoms with E-state index in [9.17, 15) is 18.0 Å². The van der Waals surface area contributed by atoms with Crippen LogP contribution in [0.2, 0.25) is 0 Å². The van der Waals surface area contributed by atoms with E-state index in [-0.39, 0.29) is 19.0 Å². The van der Waals surface area contributed by atoms with Crippen LogP contribution >= 0.6 is 0 Å².